The van der Waals surface area contributed by atoms with Crippen molar-refractivity contribution in [3.05, 3.63) is 0 Å². The molecule has 56 valence electrons. The fourth-order valence-corrected chi connectivity index (χ4v) is 1.24. The van der Waals surface area contributed by atoms with E-state index in [-0.39, 0.29) is 12.5 Å². The van der Waals surface area contributed by atoms with E-state index < -0.39 is 0 Å². The van der Waals surface area contributed by atoms with E-state index in [0.717, 1.165) is 12.8 Å². The summed E-state index contributed by atoms with van der Waals surface area (Å²) in [6.45, 7) is 3.03. The Labute approximate surface area is 60.0 Å². The van der Waals surface area contributed by atoms with Crippen LogP contribution in [0.3, 0.4) is 0 Å². The maximum Gasteiger partial charge on any atom is 0.223 e. The molecule has 0 bridgehead atoms. The minimum absolute atomic E-state index is 0.111. The van der Waals surface area contributed by atoms with Gasteiger partial charge in [-0.25, -0.2) is 0 Å². The van der Waals surface area contributed by atoms with Gasteiger partial charge in [-0.3, -0.25) is 4.79 Å². The van der Waals surface area contributed by atoms with E-state index in [0.29, 0.717) is 12.3 Å². The third-order valence-corrected chi connectivity index (χ3v) is 1.70. The van der Waals surface area contributed by atoms with E-state index >= 15 is 0 Å². The Morgan fingerprint density at radius 1 is 1.80 bits per heavy atom. The quantitative estimate of drug-likeness (QED) is 0.510. The van der Waals surface area contributed by atoms with Crippen LogP contribution in [0.15, 0.2) is 0 Å². The van der Waals surface area contributed by atoms with E-state index in [1.165, 1.54) is 0 Å². The monoisotopic (exact) mass is 141 g/mol. The highest BCUT2D eigenvalue weighted by Gasteiger charge is 2.25. The van der Waals surface area contributed by atoms with E-state index in [9.17, 15) is 9.59 Å². The molecule has 1 rings (SSSR count). The molecule has 10 heavy (non-hydrogen) atoms. The van der Waals surface area contributed by atoms with Gasteiger partial charge in [-0.2, -0.15) is 0 Å². The van der Waals surface area contributed by atoms with Gasteiger partial charge in [0.2, 0.25) is 5.91 Å². The third-order valence-electron chi connectivity index (χ3n) is 1.70. The molecule has 0 aromatic rings. The topological polar surface area (TPSA) is 37.4 Å². The highest BCUT2D eigenvalue weighted by Crippen LogP contribution is 2.15. The number of hydrogen-bond donors (Lipinski definition) is 0. The van der Waals surface area contributed by atoms with Gasteiger partial charge in [-0.1, -0.05) is 6.92 Å². The number of hydrogen-bond acceptors (Lipinski definition) is 2. The first kappa shape index (κ1) is 7.25. The number of amides is 1. The van der Waals surface area contributed by atoms with Crippen LogP contribution < -0.4 is 0 Å². The summed E-state index contributed by atoms with van der Waals surface area (Å²) in [5.74, 6) is 0.534. The van der Waals surface area contributed by atoms with Crippen molar-refractivity contribution < 1.29 is 9.59 Å². The first-order valence-corrected chi connectivity index (χ1v) is 3.45. The van der Waals surface area contributed by atoms with Gasteiger partial charge in [0.15, 0.2) is 0 Å². The Morgan fingerprint density at radius 2 is 2.50 bits per heavy atom. The van der Waals surface area contributed by atoms with Crippen LogP contribution in [0, 0.1) is 5.92 Å². The summed E-state index contributed by atoms with van der Waals surface area (Å²) in [5.41, 5.74) is 0. The fraction of sp³-hybridized carbons (Fsp3) is 0.714. The van der Waals surface area contributed by atoms with Crippen molar-refractivity contribution in [2.75, 3.05) is 13.1 Å². The molecule has 1 aliphatic rings. The molecule has 1 saturated heterocycles. The maximum absolute atomic E-state index is 10.9. The summed E-state index contributed by atoms with van der Waals surface area (Å²) < 4.78 is 0. The number of nitrogens with zero attached hydrogens (tertiary/aromatic N) is 1. The Kier molecular flexibility index (Phi) is 2.04. The Bertz CT molecular complexity index is 156. The predicted octanol–water partition coefficient (Wildman–Crippen LogP) is 0.0537. The summed E-state index contributed by atoms with van der Waals surface area (Å²) in [5, 5.41) is 0. The molecule has 0 aromatic heterocycles. The molecule has 3 nitrogen and oxygen atoms in total. The molecule has 0 aromatic carbocycles. The lowest BCUT2D eigenvalue weighted by molar-refractivity contribution is -0.129. The van der Waals surface area contributed by atoms with E-state index in [1.807, 2.05) is 6.92 Å². The van der Waals surface area contributed by atoms with Gasteiger partial charge in [0.05, 0.1) is 6.54 Å². The second kappa shape index (κ2) is 2.82. The van der Waals surface area contributed by atoms with Gasteiger partial charge >= 0.3 is 0 Å². The van der Waals surface area contributed by atoms with Gasteiger partial charge in [0, 0.05) is 13.0 Å². The zero-order valence-corrected chi connectivity index (χ0v) is 6.04. The van der Waals surface area contributed by atoms with Gasteiger partial charge in [-0.15, -0.1) is 0 Å². The molecule has 0 saturated carbocycles. The second-order valence-electron chi connectivity index (χ2n) is 2.77. The molecule has 3 heteroatoms. The number of carbonyl (C=O) groups is 2. The van der Waals surface area contributed by atoms with Gasteiger partial charge in [0.25, 0.3) is 0 Å². The van der Waals surface area contributed by atoms with Crippen LogP contribution in [0.25, 0.3) is 0 Å². The second-order valence-corrected chi connectivity index (χ2v) is 2.77. The highest BCUT2D eigenvalue weighted by molar-refractivity contribution is 5.80. The summed E-state index contributed by atoms with van der Waals surface area (Å²) in [6, 6.07) is 0. The molecule has 1 amide bonds. The van der Waals surface area contributed by atoms with Crippen LogP contribution in [0.4, 0.5) is 0 Å². The molecule has 1 aliphatic heterocycles. The number of rotatable bonds is 2. The Morgan fingerprint density at radius 3 is 2.90 bits per heavy atom. The highest BCUT2D eigenvalue weighted by atomic mass is 16.2. The van der Waals surface area contributed by atoms with Crippen molar-refractivity contribution in [3.63, 3.8) is 0 Å². The molecule has 1 unspecified atom stereocenters. The summed E-state index contributed by atoms with van der Waals surface area (Å²) >= 11 is 0. The van der Waals surface area contributed by atoms with Crippen molar-refractivity contribution in [2.45, 2.75) is 13.3 Å². The lowest BCUT2D eigenvalue weighted by atomic mass is 10.2. The average molecular weight is 141 g/mol. The number of carbonyl (C=O) groups excluding carboxylic acids is 2. The summed E-state index contributed by atoms with van der Waals surface area (Å²) in [6.07, 6.45) is 1.38. The molecule has 1 atom stereocenters. The average Bonchev–Trinajstić information content (AvgIpc) is 2.13. The van der Waals surface area contributed by atoms with Crippen LogP contribution in [-0.2, 0) is 9.59 Å². The minimum atomic E-state index is 0.111. The number of aldehydes is 1. The molecular formula is C7H11NO2. The zero-order valence-electron chi connectivity index (χ0n) is 6.04. The Hall–Kier alpha value is -0.860. The van der Waals surface area contributed by atoms with Crippen molar-refractivity contribution >= 4 is 12.2 Å². The van der Waals surface area contributed by atoms with Crippen molar-refractivity contribution in [3.8, 4) is 0 Å². The molecular weight excluding hydrogens is 130 g/mol. The zero-order chi connectivity index (χ0) is 7.56. The van der Waals surface area contributed by atoms with Crippen LogP contribution in [0.1, 0.15) is 13.3 Å². The third kappa shape index (κ3) is 1.35. The molecule has 1 fully saturated rings. The number of likely N-dealkylation sites (tertiary alicyclic amines) is 1. The smallest absolute Gasteiger partial charge is 0.223 e. The van der Waals surface area contributed by atoms with Gasteiger partial charge in [0.1, 0.15) is 6.29 Å². The van der Waals surface area contributed by atoms with Crippen LogP contribution >= 0.6 is 0 Å². The Balaban J connectivity index is 2.46. The first-order chi connectivity index (χ1) is 4.74. The van der Waals surface area contributed by atoms with Gasteiger partial charge in [-0.05, 0) is 5.92 Å². The van der Waals surface area contributed by atoms with Crippen LogP contribution in [0.2, 0.25) is 0 Å². The normalized spacial score (nSPS) is 25.5. The van der Waals surface area contributed by atoms with E-state index in [2.05, 4.69) is 0 Å². The molecule has 0 N–H and O–H groups in total. The van der Waals surface area contributed by atoms with Crippen molar-refractivity contribution in [2.24, 2.45) is 5.92 Å². The van der Waals surface area contributed by atoms with Crippen LogP contribution in [0.5, 0.6) is 0 Å². The molecule has 0 radical (unpaired) electrons. The summed E-state index contributed by atoms with van der Waals surface area (Å²) in [4.78, 5) is 22.6. The standard InChI is InChI=1S/C7H11NO2/c1-6-4-7(10)8(5-6)2-3-9/h3,6H,2,4-5H2,1H3. The SMILES string of the molecule is CC1CC(=O)N(CC=O)C1. The maximum atomic E-state index is 10.9. The molecule has 0 spiro atoms. The first-order valence-electron chi connectivity index (χ1n) is 3.45. The van der Waals surface area contributed by atoms with E-state index in [1.54, 1.807) is 4.90 Å². The van der Waals surface area contributed by atoms with E-state index in [4.69, 9.17) is 0 Å². The van der Waals surface area contributed by atoms with Crippen molar-refractivity contribution in [1.82, 2.24) is 4.90 Å². The molecule has 1 heterocycles. The van der Waals surface area contributed by atoms with Gasteiger partial charge < -0.3 is 9.69 Å². The predicted molar refractivity (Wildman–Crippen MR) is 36.4 cm³/mol. The lowest BCUT2D eigenvalue weighted by Crippen LogP contribution is -2.26. The largest absolute Gasteiger partial charge is 0.335 e. The lowest BCUT2D eigenvalue weighted by Gasteiger charge is -2.10. The van der Waals surface area contributed by atoms with Crippen molar-refractivity contribution in [1.29, 1.82) is 0 Å². The summed E-state index contributed by atoms with van der Waals surface area (Å²) in [7, 11) is 0. The minimum Gasteiger partial charge on any atom is -0.335 e. The fourth-order valence-electron chi connectivity index (χ4n) is 1.24. The van der Waals surface area contributed by atoms with Crippen LogP contribution in [-0.4, -0.2) is 30.2 Å². The molecule has 0 aliphatic carbocycles.